The van der Waals surface area contributed by atoms with Gasteiger partial charge in [-0.2, -0.15) is 0 Å². The molecule has 1 N–H and O–H groups in total. The van der Waals surface area contributed by atoms with Crippen molar-refractivity contribution in [3.63, 3.8) is 0 Å². The van der Waals surface area contributed by atoms with Crippen LogP contribution in [0.25, 0.3) is 21.7 Å². The van der Waals surface area contributed by atoms with Crippen LogP contribution in [0.15, 0.2) is 54.9 Å². The van der Waals surface area contributed by atoms with E-state index in [4.69, 9.17) is 21.3 Å². The molecule has 0 spiro atoms. The molecule has 1 aliphatic rings. The molecule has 1 unspecified atom stereocenters. The number of rotatable bonds is 12. The predicted molar refractivity (Wildman–Crippen MR) is 165 cm³/mol. The van der Waals surface area contributed by atoms with Crippen LogP contribution in [0.1, 0.15) is 55.5 Å². The van der Waals surface area contributed by atoms with Crippen LogP contribution < -0.4 is 9.64 Å². The molecular formula is C33H35ClF3N3O4. The monoisotopic (exact) mass is 629 g/mol. The number of hydrogen-bond donors (Lipinski definition) is 1. The molecule has 0 bridgehead atoms. The quantitative estimate of drug-likeness (QED) is 0.125. The van der Waals surface area contributed by atoms with Crippen molar-refractivity contribution < 1.29 is 32.5 Å². The summed E-state index contributed by atoms with van der Waals surface area (Å²) in [5, 5.41) is 12.2. The molecule has 1 fully saturated rings. The minimum Gasteiger partial charge on any atom is -0.478 e. The largest absolute Gasteiger partial charge is 0.573 e. The number of fused-ring (bicyclic) bond motifs is 3. The molecule has 44 heavy (non-hydrogen) atoms. The molecule has 0 radical (unpaired) electrons. The molecule has 1 aliphatic heterocycles. The summed E-state index contributed by atoms with van der Waals surface area (Å²) in [6.07, 6.45) is 3.28. The number of ether oxygens (including phenoxy) is 2. The molecule has 0 saturated carbocycles. The van der Waals surface area contributed by atoms with E-state index in [0.29, 0.717) is 30.5 Å². The zero-order valence-corrected chi connectivity index (χ0v) is 25.4. The summed E-state index contributed by atoms with van der Waals surface area (Å²) in [5.41, 5.74) is 1.71. The number of anilines is 1. The fourth-order valence-electron chi connectivity index (χ4n) is 5.79. The van der Waals surface area contributed by atoms with Crippen molar-refractivity contribution in [2.45, 2.75) is 58.4 Å². The van der Waals surface area contributed by atoms with Crippen LogP contribution in [0, 0.1) is 11.8 Å². The fourth-order valence-corrected chi connectivity index (χ4v) is 6.03. The molecule has 3 heterocycles. The number of benzene rings is 2. The number of alkyl halides is 3. The van der Waals surface area contributed by atoms with Gasteiger partial charge in [0.2, 0.25) is 0 Å². The maximum atomic E-state index is 12.5. The number of carboxylic acids is 1. The van der Waals surface area contributed by atoms with Gasteiger partial charge in [-0.3, -0.25) is 4.98 Å². The second-order valence-electron chi connectivity index (χ2n) is 11.6. The molecule has 7 nitrogen and oxygen atoms in total. The van der Waals surface area contributed by atoms with Gasteiger partial charge in [0.25, 0.3) is 0 Å². The third-order valence-corrected chi connectivity index (χ3v) is 8.80. The Balaban J connectivity index is 1.10. The van der Waals surface area contributed by atoms with Crippen molar-refractivity contribution >= 4 is 45.1 Å². The normalized spacial score (nSPS) is 16.9. The zero-order chi connectivity index (χ0) is 31.4. The van der Waals surface area contributed by atoms with Gasteiger partial charge in [0.1, 0.15) is 11.6 Å². The van der Waals surface area contributed by atoms with Gasteiger partial charge in [0.15, 0.2) is 0 Å². The first-order valence-corrected chi connectivity index (χ1v) is 15.2. The number of aromatic carboxylic acids is 1. The lowest BCUT2D eigenvalue weighted by Gasteiger charge is -2.22. The van der Waals surface area contributed by atoms with Crippen LogP contribution >= 0.6 is 11.6 Å². The minimum atomic E-state index is -4.77. The Morgan fingerprint density at radius 1 is 1.09 bits per heavy atom. The van der Waals surface area contributed by atoms with Crippen molar-refractivity contribution in [2.24, 2.45) is 11.8 Å². The van der Waals surface area contributed by atoms with Crippen LogP contribution in [0.3, 0.4) is 0 Å². The summed E-state index contributed by atoms with van der Waals surface area (Å²) in [5.74, 6) is 0.320. The second-order valence-corrected chi connectivity index (χ2v) is 12.0. The lowest BCUT2D eigenvalue weighted by atomic mass is 9.87. The van der Waals surface area contributed by atoms with Gasteiger partial charge in [0, 0.05) is 48.2 Å². The standard InChI is InChI=1S/C33H35ClF3N3O4/c1-20(21(2)5-6-22-7-10-30(28(34)16-22)44-33(35,36)37)4-3-15-43-24-12-14-40(19-24)31-26-11-13-38-18-27(26)25-9-8-23(32(41)42)17-29(25)39-31/h7-11,13,16-18,20-21,24H,3-6,12,14-15,19H2,1-2H3,(H,41,42)/t20?,21-,24-/m1/s1. The van der Waals surface area contributed by atoms with E-state index in [2.05, 4.69) is 28.5 Å². The predicted octanol–water partition coefficient (Wildman–Crippen LogP) is 8.31. The number of nitrogens with zero attached hydrogens (tertiary/aromatic N) is 3. The molecule has 11 heteroatoms. The molecule has 2 aromatic carbocycles. The summed E-state index contributed by atoms with van der Waals surface area (Å²) >= 11 is 5.99. The van der Waals surface area contributed by atoms with Crippen LogP contribution in [0.5, 0.6) is 5.75 Å². The highest BCUT2D eigenvalue weighted by Crippen LogP contribution is 2.34. The van der Waals surface area contributed by atoms with Crippen molar-refractivity contribution in [2.75, 3.05) is 24.6 Å². The number of carboxylic acid groups (broad SMARTS) is 1. The Labute approximate surface area is 259 Å². The lowest BCUT2D eigenvalue weighted by molar-refractivity contribution is -0.274. The number of aromatic nitrogens is 2. The lowest BCUT2D eigenvalue weighted by Crippen LogP contribution is -2.24. The Hall–Kier alpha value is -3.63. The highest BCUT2D eigenvalue weighted by Gasteiger charge is 2.32. The van der Waals surface area contributed by atoms with E-state index in [1.807, 2.05) is 6.07 Å². The summed E-state index contributed by atoms with van der Waals surface area (Å²) in [4.78, 5) is 22.9. The fraction of sp³-hybridized carbons (Fsp3) is 0.424. The van der Waals surface area contributed by atoms with E-state index in [9.17, 15) is 23.1 Å². The van der Waals surface area contributed by atoms with E-state index in [1.165, 1.54) is 6.07 Å². The van der Waals surface area contributed by atoms with Crippen LogP contribution in [-0.2, 0) is 11.2 Å². The molecule has 1 saturated heterocycles. The Bertz CT molecular complexity index is 1630. The third kappa shape index (κ3) is 7.71. The molecule has 2 aromatic heterocycles. The van der Waals surface area contributed by atoms with E-state index >= 15 is 0 Å². The number of pyridine rings is 2. The molecule has 234 valence electrons. The first kappa shape index (κ1) is 31.8. The average molecular weight is 630 g/mol. The van der Waals surface area contributed by atoms with E-state index in [0.717, 1.165) is 66.2 Å². The number of aryl methyl sites for hydroxylation is 1. The van der Waals surface area contributed by atoms with Crippen molar-refractivity contribution in [3.05, 3.63) is 71.0 Å². The van der Waals surface area contributed by atoms with Gasteiger partial charge in [-0.15, -0.1) is 13.2 Å². The van der Waals surface area contributed by atoms with Gasteiger partial charge in [-0.05, 0) is 79.8 Å². The van der Waals surface area contributed by atoms with E-state index in [1.54, 1.807) is 42.7 Å². The minimum absolute atomic E-state index is 0.0444. The Kier molecular flexibility index (Phi) is 9.80. The van der Waals surface area contributed by atoms with E-state index < -0.39 is 12.3 Å². The topological polar surface area (TPSA) is 84.8 Å². The maximum absolute atomic E-state index is 12.5. The molecule has 5 rings (SSSR count). The Morgan fingerprint density at radius 3 is 2.64 bits per heavy atom. The summed E-state index contributed by atoms with van der Waals surface area (Å²) < 4.78 is 47.7. The molecule has 0 amide bonds. The zero-order valence-electron chi connectivity index (χ0n) is 24.6. The average Bonchev–Trinajstić information content (AvgIpc) is 3.46. The summed E-state index contributed by atoms with van der Waals surface area (Å²) in [6.45, 7) is 6.56. The van der Waals surface area contributed by atoms with Gasteiger partial charge < -0.3 is 19.5 Å². The molecule has 0 aliphatic carbocycles. The Morgan fingerprint density at radius 2 is 1.89 bits per heavy atom. The SMILES string of the molecule is CC(CCCO[C@@H]1CCN(c2nc3cc(C(=O)O)ccc3c3cnccc23)C1)[C@H](C)CCc1ccc(OC(F)(F)F)c(Cl)c1. The van der Waals surface area contributed by atoms with Crippen LogP contribution in [-0.4, -0.2) is 53.2 Å². The first-order chi connectivity index (χ1) is 21.0. The molecular weight excluding hydrogens is 595 g/mol. The van der Waals surface area contributed by atoms with Crippen molar-refractivity contribution in [1.29, 1.82) is 0 Å². The van der Waals surface area contributed by atoms with Crippen molar-refractivity contribution in [3.8, 4) is 5.75 Å². The van der Waals surface area contributed by atoms with Gasteiger partial charge in [0.05, 0.1) is 22.2 Å². The summed E-state index contributed by atoms with van der Waals surface area (Å²) in [6, 6.07) is 11.4. The number of halogens is 4. The maximum Gasteiger partial charge on any atom is 0.573 e. The van der Waals surface area contributed by atoms with Crippen LogP contribution in [0.4, 0.5) is 19.0 Å². The smallest absolute Gasteiger partial charge is 0.478 e. The second kappa shape index (κ2) is 13.6. The van der Waals surface area contributed by atoms with Gasteiger partial charge >= 0.3 is 12.3 Å². The first-order valence-electron chi connectivity index (χ1n) is 14.8. The highest BCUT2D eigenvalue weighted by atomic mass is 35.5. The van der Waals surface area contributed by atoms with Gasteiger partial charge in [-0.1, -0.05) is 37.6 Å². The third-order valence-electron chi connectivity index (χ3n) is 8.51. The van der Waals surface area contributed by atoms with Gasteiger partial charge in [-0.25, -0.2) is 9.78 Å². The number of hydrogen-bond acceptors (Lipinski definition) is 6. The number of carbonyl (C=O) groups is 1. The molecule has 4 aromatic rings. The van der Waals surface area contributed by atoms with Crippen LogP contribution in [0.2, 0.25) is 5.02 Å². The summed E-state index contributed by atoms with van der Waals surface area (Å²) in [7, 11) is 0. The van der Waals surface area contributed by atoms with E-state index in [-0.39, 0.29) is 22.4 Å². The van der Waals surface area contributed by atoms with Crippen molar-refractivity contribution in [1.82, 2.24) is 9.97 Å². The highest BCUT2D eigenvalue weighted by molar-refractivity contribution is 6.32. The molecule has 3 atom stereocenters.